The van der Waals surface area contributed by atoms with E-state index in [0.29, 0.717) is 24.3 Å². The molecule has 1 aromatic carbocycles. The largest absolute Gasteiger partial charge is 0.496 e. The van der Waals surface area contributed by atoms with Crippen LogP contribution in [0.4, 0.5) is 0 Å². The number of amides is 2. The standard InChI is InChI=1S/C19H23BrN2O5/c1-4-5-8-22-16(23)13-14(17(22)24)19(2,18(25)26)21-15(13)11-9-10(20)6-7-12(11)27-3/h6-7,9,13-15,21H,4-5,8H2,1-3H3,(H,25,26). The second-order valence-electron chi connectivity index (χ2n) is 7.20. The Balaban J connectivity index is 2.10. The molecule has 2 saturated heterocycles. The molecular formula is C19H23BrN2O5. The van der Waals surface area contributed by atoms with Crippen molar-refractivity contribution < 1.29 is 24.2 Å². The molecule has 0 radical (unpaired) electrons. The Morgan fingerprint density at radius 2 is 2.07 bits per heavy atom. The van der Waals surface area contributed by atoms with Crippen molar-refractivity contribution in [3.63, 3.8) is 0 Å². The third-order valence-electron chi connectivity index (χ3n) is 5.59. The van der Waals surface area contributed by atoms with Gasteiger partial charge in [-0.25, -0.2) is 0 Å². The van der Waals surface area contributed by atoms with E-state index in [9.17, 15) is 19.5 Å². The van der Waals surface area contributed by atoms with Gasteiger partial charge in [-0.1, -0.05) is 29.3 Å². The van der Waals surface area contributed by atoms with Crippen molar-refractivity contribution in [3.8, 4) is 5.75 Å². The Morgan fingerprint density at radius 3 is 2.67 bits per heavy atom. The molecule has 4 atom stereocenters. The molecule has 2 N–H and O–H groups in total. The van der Waals surface area contributed by atoms with Crippen LogP contribution in [0.5, 0.6) is 5.75 Å². The van der Waals surface area contributed by atoms with Crippen molar-refractivity contribution in [3.05, 3.63) is 28.2 Å². The number of aliphatic carboxylic acids is 1. The number of nitrogens with zero attached hydrogens (tertiary/aromatic N) is 1. The first-order valence-corrected chi connectivity index (χ1v) is 9.75. The number of carboxylic acid groups (broad SMARTS) is 1. The summed E-state index contributed by atoms with van der Waals surface area (Å²) in [7, 11) is 1.52. The van der Waals surface area contributed by atoms with Gasteiger partial charge in [0.2, 0.25) is 11.8 Å². The van der Waals surface area contributed by atoms with E-state index in [-0.39, 0.29) is 5.91 Å². The summed E-state index contributed by atoms with van der Waals surface area (Å²) in [6.07, 6.45) is 1.53. The van der Waals surface area contributed by atoms with Gasteiger partial charge < -0.3 is 9.84 Å². The maximum Gasteiger partial charge on any atom is 0.324 e. The minimum Gasteiger partial charge on any atom is -0.496 e. The van der Waals surface area contributed by atoms with Crippen LogP contribution in [0.2, 0.25) is 0 Å². The quantitative estimate of drug-likeness (QED) is 0.661. The fraction of sp³-hybridized carbons (Fsp3) is 0.526. The number of hydrogen-bond acceptors (Lipinski definition) is 5. The van der Waals surface area contributed by atoms with Gasteiger partial charge in [-0.15, -0.1) is 0 Å². The van der Waals surface area contributed by atoms with E-state index < -0.39 is 35.3 Å². The number of halogens is 1. The van der Waals surface area contributed by atoms with Crippen LogP contribution < -0.4 is 10.1 Å². The minimum atomic E-state index is -1.53. The zero-order valence-electron chi connectivity index (χ0n) is 15.5. The van der Waals surface area contributed by atoms with Crippen LogP contribution in [0.15, 0.2) is 22.7 Å². The van der Waals surface area contributed by atoms with Crippen molar-refractivity contribution >= 4 is 33.7 Å². The van der Waals surface area contributed by atoms with E-state index in [4.69, 9.17) is 4.74 Å². The van der Waals surface area contributed by atoms with E-state index in [1.165, 1.54) is 18.9 Å². The van der Waals surface area contributed by atoms with Crippen LogP contribution >= 0.6 is 15.9 Å². The van der Waals surface area contributed by atoms with Gasteiger partial charge in [-0.2, -0.15) is 0 Å². The number of methoxy groups -OCH3 is 1. The van der Waals surface area contributed by atoms with E-state index in [2.05, 4.69) is 21.2 Å². The van der Waals surface area contributed by atoms with Crippen LogP contribution in [0.25, 0.3) is 0 Å². The second-order valence-corrected chi connectivity index (χ2v) is 8.12. The van der Waals surface area contributed by atoms with Crippen molar-refractivity contribution in [2.75, 3.05) is 13.7 Å². The molecule has 4 unspecified atom stereocenters. The maximum absolute atomic E-state index is 13.1. The molecule has 2 fully saturated rings. The van der Waals surface area contributed by atoms with Crippen molar-refractivity contribution in [1.82, 2.24) is 10.2 Å². The number of rotatable bonds is 6. The summed E-state index contributed by atoms with van der Waals surface area (Å²) in [6.45, 7) is 3.77. The molecule has 0 spiro atoms. The normalized spacial score (nSPS) is 29.9. The van der Waals surface area contributed by atoms with E-state index in [0.717, 1.165) is 10.9 Å². The van der Waals surface area contributed by atoms with Gasteiger partial charge in [0.25, 0.3) is 0 Å². The van der Waals surface area contributed by atoms with Crippen LogP contribution in [-0.4, -0.2) is 47.0 Å². The highest BCUT2D eigenvalue weighted by Gasteiger charge is 2.66. The van der Waals surface area contributed by atoms with Crippen LogP contribution in [0.1, 0.15) is 38.3 Å². The second kappa shape index (κ2) is 7.24. The SMILES string of the molecule is CCCCN1C(=O)C2C(c3cc(Br)ccc3OC)NC(C)(C(=O)O)C2C1=O. The summed E-state index contributed by atoms with van der Waals surface area (Å²) >= 11 is 3.41. The van der Waals surface area contributed by atoms with Gasteiger partial charge in [0.1, 0.15) is 11.3 Å². The lowest BCUT2D eigenvalue weighted by molar-refractivity contribution is -0.150. The van der Waals surface area contributed by atoms with E-state index in [1.807, 2.05) is 6.92 Å². The highest BCUT2D eigenvalue weighted by atomic mass is 79.9. The maximum atomic E-state index is 13.1. The molecule has 7 nitrogen and oxygen atoms in total. The number of likely N-dealkylation sites (tertiary alicyclic amines) is 1. The Labute approximate surface area is 166 Å². The molecule has 2 amide bonds. The number of fused-ring (bicyclic) bond motifs is 1. The van der Waals surface area contributed by atoms with Crippen molar-refractivity contribution in [1.29, 1.82) is 0 Å². The van der Waals surface area contributed by atoms with Gasteiger partial charge in [0.05, 0.1) is 18.9 Å². The Hall–Kier alpha value is -1.93. The molecule has 0 bridgehead atoms. The van der Waals surface area contributed by atoms with E-state index >= 15 is 0 Å². The first-order valence-electron chi connectivity index (χ1n) is 8.96. The van der Waals surface area contributed by atoms with Gasteiger partial charge in [0, 0.05) is 22.6 Å². The monoisotopic (exact) mass is 438 g/mol. The number of carboxylic acids is 1. The highest BCUT2D eigenvalue weighted by Crippen LogP contribution is 2.50. The number of unbranched alkanes of at least 4 members (excludes halogenated alkanes) is 1. The summed E-state index contributed by atoms with van der Waals surface area (Å²) < 4.78 is 6.20. The smallest absolute Gasteiger partial charge is 0.324 e. The molecular weight excluding hydrogens is 416 g/mol. The summed E-state index contributed by atoms with van der Waals surface area (Å²) in [6, 6.07) is 4.72. The average Bonchev–Trinajstić information content (AvgIpc) is 3.08. The third-order valence-corrected chi connectivity index (χ3v) is 6.08. The summed E-state index contributed by atoms with van der Waals surface area (Å²) in [4.78, 5) is 39.4. The molecule has 0 aliphatic carbocycles. The lowest BCUT2D eigenvalue weighted by Gasteiger charge is -2.27. The first kappa shape index (κ1) is 19.8. The lowest BCUT2D eigenvalue weighted by Crippen LogP contribution is -2.53. The number of benzene rings is 1. The van der Waals surface area contributed by atoms with Crippen LogP contribution in [-0.2, 0) is 14.4 Å². The fourth-order valence-electron chi connectivity index (χ4n) is 4.15. The fourth-order valence-corrected chi connectivity index (χ4v) is 4.53. The molecule has 2 aliphatic rings. The molecule has 0 aromatic heterocycles. The molecule has 2 aliphatic heterocycles. The molecule has 1 aromatic rings. The lowest BCUT2D eigenvalue weighted by atomic mass is 9.80. The zero-order valence-corrected chi connectivity index (χ0v) is 17.1. The van der Waals surface area contributed by atoms with E-state index in [1.54, 1.807) is 18.2 Å². The van der Waals surface area contributed by atoms with Crippen LogP contribution in [0, 0.1) is 11.8 Å². The van der Waals surface area contributed by atoms with Crippen molar-refractivity contribution in [2.24, 2.45) is 11.8 Å². The molecule has 3 rings (SSSR count). The molecule has 27 heavy (non-hydrogen) atoms. The number of imide groups is 1. The topological polar surface area (TPSA) is 95.9 Å². The summed E-state index contributed by atoms with van der Waals surface area (Å²) in [5, 5.41) is 12.9. The zero-order chi connectivity index (χ0) is 19.9. The average molecular weight is 439 g/mol. The predicted molar refractivity (Wildman–Crippen MR) is 101 cm³/mol. The molecule has 146 valence electrons. The van der Waals surface area contributed by atoms with Crippen molar-refractivity contribution in [2.45, 2.75) is 38.3 Å². The first-order chi connectivity index (χ1) is 12.8. The number of ether oxygens (including phenoxy) is 1. The highest BCUT2D eigenvalue weighted by molar-refractivity contribution is 9.10. The summed E-state index contributed by atoms with van der Waals surface area (Å²) in [5.41, 5.74) is -0.874. The summed E-state index contributed by atoms with van der Waals surface area (Å²) in [5.74, 6) is -3.06. The number of carbonyl (C=O) groups is 3. The number of carbonyl (C=O) groups excluding carboxylic acids is 2. The Bertz CT molecular complexity index is 798. The minimum absolute atomic E-state index is 0.317. The van der Waals surface area contributed by atoms with Crippen LogP contribution in [0.3, 0.4) is 0 Å². The van der Waals surface area contributed by atoms with Gasteiger partial charge in [-0.3, -0.25) is 24.6 Å². The number of hydrogen-bond donors (Lipinski definition) is 2. The van der Waals surface area contributed by atoms with Gasteiger partial charge >= 0.3 is 5.97 Å². The molecule has 8 heteroatoms. The Morgan fingerprint density at radius 1 is 1.37 bits per heavy atom. The Kier molecular flexibility index (Phi) is 5.31. The van der Waals surface area contributed by atoms with Gasteiger partial charge in [0.15, 0.2) is 0 Å². The third kappa shape index (κ3) is 3.04. The molecule has 2 heterocycles. The number of nitrogens with one attached hydrogen (secondary N) is 1. The molecule has 0 saturated carbocycles. The predicted octanol–water partition coefficient (Wildman–Crippen LogP) is 2.35. The van der Waals surface area contributed by atoms with Gasteiger partial charge in [-0.05, 0) is 31.5 Å².